The normalized spacial score (nSPS) is 19.9. The summed E-state index contributed by atoms with van der Waals surface area (Å²) in [5.41, 5.74) is 1.13. The Hall–Kier alpha value is -4.59. The fourth-order valence-corrected chi connectivity index (χ4v) is 6.66. The summed E-state index contributed by atoms with van der Waals surface area (Å²) in [5.74, 6) is -1.40. The second-order valence-electron chi connectivity index (χ2n) is 12.2. The zero-order valence-corrected chi connectivity index (χ0v) is 27.5. The van der Waals surface area contributed by atoms with Crippen LogP contribution in [0.15, 0.2) is 46.4 Å². The van der Waals surface area contributed by atoms with Crippen molar-refractivity contribution in [3.8, 4) is 0 Å². The van der Waals surface area contributed by atoms with Gasteiger partial charge in [-0.25, -0.2) is 9.97 Å². The molecule has 0 aliphatic carbocycles. The molecule has 13 nitrogen and oxygen atoms in total. The van der Waals surface area contributed by atoms with Gasteiger partial charge < -0.3 is 30.2 Å². The molecule has 47 heavy (non-hydrogen) atoms. The Morgan fingerprint density at radius 2 is 1.83 bits per heavy atom. The van der Waals surface area contributed by atoms with E-state index in [-0.39, 0.29) is 67.0 Å². The highest BCUT2D eigenvalue weighted by atomic mass is 32.1. The zero-order valence-electron chi connectivity index (χ0n) is 26.7. The van der Waals surface area contributed by atoms with Gasteiger partial charge in [0.2, 0.25) is 23.6 Å². The summed E-state index contributed by atoms with van der Waals surface area (Å²) in [4.78, 5) is 77.5. The number of rotatable bonds is 7. The van der Waals surface area contributed by atoms with Gasteiger partial charge >= 0.3 is 0 Å². The number of aromatic nitrogens is 2. The van der Waals surface area contributed by atoms with Crippen molar-refractivity contribution in [2.45, 2.75) is 64.5 Å². The fraction of sp³-hybridized carbons (Fsp3) is 0.485. The van der Waals surface area contributed by atoms with Crippen LogP contribution in [0.4, 0.5) is 0 Å². The van der Waals surface area contributed by atoms with Crippen molar-refractivity contribution in [2.75, 3.05) is 32.7 Å². The van der Waals surface area contributed by atoms with Crippen molar-refractivity contribution in [1.29, 1.82) is 0 Å². The Balaban J connectivity index is 1.36. The molecule has 0 radical (unpaired) electrons. The summed E-state index contributed by atoms with van der Waals surface area (Å²) in [6.45, 7) is 4.98. The second kappa shape index (κ2) is 15.8. The summed E-state index contributed by atoms with van der Waals surface area (Å²) >= 11 is 1.26. The molecule has 3 aromatic rings. The van der Waals surface area contributed by atoms with Gasteiger partial charge in [-0.2, -0.15) is 0 Å². The molecule has 3 N–H and O–H groups in total. The number of thiazole rings is 1. The van der Waals surface area contributed by atoms with E-state index in [2.05, 4.69) is 25.9 Å². The molecule has 2 aliphatic rings. The second-order valence-corrected chi connectivity index (χ2v) is 13.0. The highest BCUT2D eigenvalue weighted by Crippen LogP contribution is 2.26. The van der Waals surface area contributed by atoms with Gasteiger partial charge in [-0.15, -0.1) is 11.3 Å². The van der Waals surface area contributed by atoms with Crippen LogP contribution in [0.5, 0.6) is 0 Å². The van der Waals surface area contributed by atoms with E-state index < -0.39 is 23.9 Å². The van der Waals surface area contributed by atoms with Crippen LogP contribution in [-0.4, -0.2) is 82.0 Å². The summed E-state index contributed by atoms with van der Waals surface area (Å²) in [5, 5.41) is 10.9. The van der Waals surface area contributed by atoms with E-state index in [0.717, 1.165) is 18.4 Å². The maximum absolute atomic E-state index is 13.4. The van der Waals surface area contributed by atoms with Crippen LogP contribution < -0.4 is 16.0 Å². The molecule has 5 rings (SSSR count). The van der Waals surface area contributed by atoms with Crippen LogP contribution in [0, 0.1) is 5.92 Å². The van der Waals surface area contributed by atoms with Gasteiger partial charge in [0.25, 0.3) is 11.8 Å². The summed E-state index contributed by atoms with van der Waals surface area (Å²) in [7, 11) is 0. The lowest BCUT2D eigenvalue weighted by atomic mass is 10.0. The highest BCUT2D eigenvalue weighted by Gasteiger charge is 2.28. The summed E-state index contributed by atoms with van der Waals surface area (Å²) in [6.07, 6.45) is 4.59. The van der Waals surface area contributed by atoms with Gasteiger partial charge in [0.1, 0.15) is 23.0 Å². The largest absolute Gasteiger partial charge is 0.446 e. The monoisotopic (exact) mass is 663 g/mol. The quantitative estimate of drug-likeness (QED) is 0.347. The van der Waals surface area contributed by atoms with Gasteiger partial charge in [-0.3, -0.25) is 24.0 Å². The zero-order chi connectivity index (χ0) is 33.3. The lowest BCUT2D eigenvalue weighted by Gasteiger charge is -2.28. The Labute approximate surface area is 277 Å². The minimum absolute atomic E-state index is 0.0194. The molecule has 250 valence electrons. The van der Waals surface area contributed by atoms with E-state index in [1.165, 1.54) is 22.5 Å². The van der Waals surface area contributed by atoms with Crippen molar-refractivity contribution in [3.05, 3.63) is 69.8 Å². The molecule has 1 fully saturated rings. The van der Waals surface area contributed by atoms with E-state index in [1.54, 1.807) is 10.3 Å². The number of carbonyl (C=O) groups excluding carboxylic acids is 5. The lowest BCUT2D eigenvalue weighted by molar-refractivity contribution is -0.137. The third-order valence-electron chi connectivity index (χ3n) is 8.24. The Morgan fingerprint density at radius 3 is 2.60 bits per heavy atom. The fourth-order valence-electron chi connectivity index (χ4n) is 5.64. The minimum atomic E-state index is -0.690. The number of piperidine rings is 1. The molecule has 1 aromatic carbocycles. The van der Waals surface area contributed by atoms with Crippen molar-refractivity contribution in [2.24, 2.45) is 5.92 Å². The highest BCUT2D eigenvalue weighted by molar-refractivity contribution is 7.09. The van der Waals surface area contributed by atoms with Crippen molar-refractivity contribution in [1.82, 2.24) is 35.7 Å². The number of nitrogens with one attached hydrogen (secondary N) is 3. The topological polar surface area (TPSA) is 167 Å². The molecular weight excluding hydrogens is 622 g/mol. The standard InChI is InChI=1S/C33H41N7O6S/c1-21(2)29-33-37-25(20-47-33)31(45)35-23(17-22-9-4-3-5-10-22)32-36-24(19-46-32)30(44)34-13-16-40(18-26(41)38-29)28(43)12-8-15-39-14-7-6-11-27(39)42/h3-5,9-10,19-21,23,29H,6-8,11-18H2,1-2H3,(H,34,44)(H,35,45)(H,38,41)/t23-,29-/m0/s1. The van der Waals surface area contributed by atoms with Crippen LogP contribution in [0.2, 0.25) is 0 Å². The number of nitrogens with zero attached hydrogens (tertiary/aromatic N) is 4. The molecule has 4 bridgehead atoms. The van der Waals surface area contributed by atoms with Crippen LogP contribution in [0.25, 0.3) is 0 Å². The molecule has 4 heterocycles. The first-order valence-electron chi connectivity index (χ1n) is 16.1. The van der Waals surface area contributed by atoms with Gasteiger partial charge in [0.15, 0.2) is 5.69 Å². The number of hydrogen-bond donors (Lipinski definition) is 3. The molecule has 2 aliphatic heterocycles. The average Bonchev–Trinajstić information content (AvgIpc) is 3.75. The minimum Gasteiger partial charge on any atom is -0.446 e. The maximum atomic E-state index is 13.4. The van der Waals surface area contributed by atoms with Crippen LogP contribution in [0.3, 0.4) is 0 Å². The first kappa shape index (κ1) is 33.8. The van der Waals surface area contributed by atoms with Crippen LogP contribution in [-0.2, 0) is 20.8 Å². The molecule has 0 spiro atoms. The number of carbonyl (C=O) groups is 5. The predicted octanol–water partition coefficient (Wildman–Crippen LogP) is 3.02. The molecule has 0 saturated carbocycles. The SMILES string of the molecule is CC(C)[C@@H]1NC(=O)CN(C(=O)CCCN2CCCCC2=O)CCNC(=O)c2coc(n2)[C@H](Cc2ccccc2)NC(=O)c2csc1n2. The third-order valence-corrected chi connectivity index (χ3v) is 9.17. The maximum Gasteiger partial charge on any atom is 0.273 e. The number of fused-ring (bicyclic) bond motifs is 4. The molecular formula is C33H41N7O6S. The lowest BCUT2D eigenvalue weighted by Crippen LogP contribution is -2.45. The van der Waals surface area contributed by atoms with Crippen molar-refractivity contribution in [3.63, 3.8) is 0 Å². The predicted molar refractivity (Wildman–Crippen MR) is 173 cm³/mol. The summed E-state index contributed by atoms with van der Waals surface area (Å²) in [6, 6.07) is 8.34. The number of likely N-dealkylation sites (tertiary alicyclic amines) is 1. The van der Waals surface area contributed by atoms with Crippen LogP contribution in [0.1, 0.15) is 95.5 Å². The van der Waals surface area contributed by atoms with E-state index in [1.807, 2.05) is 44.2 Å². The molecule has 2 atom stereocenters. The molecule has 0 unspecified atom stereocenters. The van der Waals surface area contributed by atoms with E-state index in [0.29, 0.717) is 37.4 Å². The Morgan fingerprint density at radius 1 is 1.02 bits per heavy atom. The van der Waals surface area contributed by atoms with Gasteiger partial charge in [0.05, 0.1) is 12.6 Å². The van der Waals surface area contributed by atoms with Crippen LogP contribution >= 0.6 is 11.3 Å². The molecule has 1 saturated heterocycles. The Bertz CT molecular complexity index is 1570. The molecule has 2 aromatic heterocycles. The first-order chi connectivity index (χ1) is 22.7. The molecule has 5 amide bonds. The van der Waals surface area contributed by atoms with E-state index >= 15 is 0 Å². The number of benzene rings is 1. The number of hydrogen-bond acceptors (Lipinski definition) is 9. The van der Waals surface area contributed by atoms with E-state index in [4.69, 9.17) is 4.42 Å². The van der Waals surface area contributed by atoms with Crippen molar-refractivity contribution < 1.29 is 28.4 Å². The number of oxazole rings is 1. The summed E-state index contributed by atoms with van der Waals surface area (Å²) < 4.78 is 5.69. The Kier molecular flexibility index (Phi) is 11.4. The van der Waals surface area contributed by atoms with Crippen molar-refractivity contribution >= 4 is 40.9 Å². The molecule has 14 heteroatoms. The van der Waals surface area contributed by atoms with E-state index in [9.17, 15) is 24.0 Å². The number of amides is 5. The average molecular weight is 664 g/mol. The van der Waals surface area contributed by atoms with Gasteiger partial charge in [0, 0.05) is 50.8 Å². The smallest absolute Gasteiger partial charge is 0.273 e. The first-order valence-corrected chi connectivity index (χ1v) is 16.9. The van der Waals surface area contributed by atoms with Gasteiger partial charge in [-0.05, 0) is 30.7 Å². The van der Waals surface area contributed by atoms with Gasteiger partial charge in [-0.1, -0.05) is 44.2 Å². The third kappa shape index (κ3) is 9.03.